The fourth-order valence-electron chi connectivity index (χ4n) is 2.03. The molecule has 2 rings (SSSR count). The summed E-state index contributed by atoms with van der Waals surface area (Å²) in [7, 11) is 1.69. The lowest BCUT2D eigenvalue weighted by Gasteiger charge is -2.23. The van der Waals surface area contributed by atoms with Crippen LogP contribution in [-0.4, -0.2) is 49.0 Å². The van der Waals surface area contributed by atoms with Crippen molar-refractivity contribution < 1.29 is 23.1 Å². The van der Waals surface area contributed by atoms with Gasteiger partial charge in [0.1, 0.15) is 5.75 Å². The van der Waals surface area contributed by atoms with Crippen LogP contribution in [0.3, 0.4) is 0 Å². The molecule has 1 saturated carbocycles. The monoisotopic (exact) mass is 341 g/mol. The number of nitrogens with one attached hydrogen (secondary N) is 2. The van der Waals surface area contributed by atoms with Gasteiger partial charge in [0.15, 0.2) is 0 Å². The van der Waals surface area contributed by atoms with Gasteiger partial charge in [0, 0.05) is 11.7 Å². The Morgan fingerprint density at radius 1 is 1.29 bits per heavy atom. The van der Waals surface area contributed by atoms with Gasteiger partial charge in [0.05, 0.1) is 12.6 Å². The van der Waals surface area contributed by atoms with Gasteiger partial charge in [0.2, 0.25) is 11.8 Å². The molecule has 1 aliphatic carbocycles. The molecule has 0 spiro atoms. The lowest BCUT2D eigenvalue weighted by Crippen LogP contribution is -2.45. The Morgan fingerprint density at radius 3 is 2.46 bits per heavy atom. The first-order valence-corrected chi connectivity index (χ1v) is 7.70. The van der Waals surface area contributed by atoms with Crippen LogP contribution >= 0.6 is 0 Å². The third-order valence-corrected chi connectivity index (χ3v) is 3.72. The Kier molecular flexibility index (Phi) is 6.08. The second-order valence-electron chi connectivity index (χ2n) is 5.83. The summed E-state index contributed by atoms with van der Waals surface area (Å²) in [6.45, 7) is -1.07. The number of anilines is 1. The van der Waals surface area contributed by atoms with Gasteiger partial charge in [-0.2, -0.15) is 8.78 Å². The van der Waals surface area contributed by atoms with Crippen molar-refractivity contribution in [3.05, 3.63) is 24.3 Å². The van der Waals surface area contributed by atoms with Crippen LogP contribution < -0.4 is 15.4 Å². The van der Waals surface area contributed by atoms with Gasteiger partial charge >= 0.3 is 6.61 Å². The van der Waals surface area contributed by atoms with Crippen molar-refractivity contribution >= 4 is 17.5 Å². The van der Waals surface area contributed by atoms with Crippen LogP contribution in [0.4, 0.5) is 14.5 Å². The average molecular weight is 341 g/mol. The zero-order chi connectivity index (χ0) is 17.7. The van der Waals surface area contributed by atoms with Crippen LogP contribution in [0.25, 0.3) is 0 Å². The van der Waals surface area contributed by atoms with Crippen LogP contribution in [-0.2, 0) is 9.59 Å². The van der Waals surface area contributed by atoms with E-state index in [4.69, 9.17) is 0 Å². The molecule has 1 aromatic rings. The van der Waals surface area contributed by atoms with Crippen molar-refractivity contribution in [2.45, 2.75) is 38.5 Å². The van der Waals surface area contributed by atoms with E-state index in [1.165, 1.54) is 24.3 Å². The molecule has 1 unspecified atom stereocenters. The van der Waals surface area contributed by atoms with Crippen molar-refractivity contribution in [2.75, 3.05) is 18.9 Å². The Morgan fingerprint density at radius 2 is 1.92 bits per heavy atom. The van der Waals surface area contributed by atoms with Crippen LogP contribution in [0.15, 0.2) is 24.3 Å². The number of carbonyl (C=O) groups excluding carboxylic acids is 2. The van der Waals surface area contributed by atoms with Crippen molar-refractivity contribution in [3.8, 4) is 5.75 Å². The fourth-order valence-corrected chi connectivity index (χ4v) is 2.03. The minimum Gasteiger partial charge on any atom is -0.435 e. The predicted molar refractivity (Wildman–Crippen MR) is 85.0 cm³/mol. The number of halogens is 2. The van der Waals surface area contributed by atoms with Crippen LogP contribution in [0.1, 0.15) is 19.8 Å². The van der Waals surface area contributed by atoms with E-state index in [1.807, 2.05) is 0 Å². The zero-order valence-electron chi connectivity index (χ0n) is 13.6. The lowest BCUT2D eigenvalue weighted by molar-refractivity contribution is -0.124. The Hall–Kier alpha value is -2.22. The highest BCUT2D eigenvalue weighted by Crippen LogP contribution is 2.19. The maximum Gasteiger partial charge on any atom is 0.387 e. The van der Waals surface area contributed by atoms with E-state index in [9.17, 15) is 18.4 Å². The van der Waals surface area contributed by atoms with E-state index in [2.05, 4.69) is 15.4 Å². The lowest BCUT2D eigenvalue weighted by atomic mass is 10.2. The van der Waals surface area contributed by atoms with Crippen molar-refractivity contribution in [3.63, 3.8) is 0 Å². The smallest absolute Gasteiger partial charge is 0.387 e. The number of nitrogens with zero attached hydrogens (tertiary/aromatic N) is 1. The number of carbonyl (C=O) groups is 2. The number of rotatable bonds is 8. The first kappa shape index (κ1) is 18.1. The molecular formula is C16H21F2N3O3. The molecule has 1 aliphatic rings. The molecule has 0 heterocycles. The Balaban J connectivity index is 1.82. The third-order valence-electron chi connectivity index (χ3n) is 3.72. The summed E-state index contributed by atoms with van der Waals surface area (Å²) >= 11 is 0. The summed E-state index contributed by atoms with van der Waals surface area (Å²) in [6, 6.07) is 5.40. The van der Waals surface area contributed by atoms with E-state index in [0.717, 1.165) is 12.8 Å². The van der Waals surface area contributed by atoms with E-state index in [-0.39, 0.29) is 30.2 Å². The second-order valence-corrected chi connectivity index (χ2v) is 5.83. The molecule has 6 nitrogen and oxygen atoms in total. The van der Waals surface area contributed by atoms with E-state index < -0.39 is 12.7 Å². The molecule has 0 saturated heterocycles. The van der Waals surface area contributed by atoms with E-state index in [1.54, 1.807) is 18.9 Å². The maximum absolute atomic E-state index is 12.2. The molecular weight excluding hydrogens is 320 g/mol. The second kappa shape index (κ2) is 8.05. The highest BCUT2D eigenvalue weighted by Gasteiger charge is 2.25. The molecule has 2 N–H and O–H groups in total. The van der Waals surface area contributed by atoms with Crippen molar-refractivity contribution in [1.29, 1.82) is 0 Å². The van der Waals surface area contributed by atoms with Crippen molar-refractivity contribution in [1.82, 2.24) is 10.2 Å². The summed E-state index contributed by atoms with van der Waals surface area (Å²) in [5.74, 6) is -0.377. The standard InChI is InChI=1S/C16H21F2N3O3/c1-10(21(2)9-14(22)19-11-3-4-11)15(23)20-12-5-7-13(8-6-12)24-16(17)18/h5-8,10-11,16H,3-4,9H2,1-2H3,(H,19,22)(H,20,23). The van der Waals surface area contributed by atoms with Crippen molar-refractivity contribution in [2.24, 2.45) is 0 Å². The maximum atomic E-state index is 12.2. The van der Waals surface area contributed by atoms with Gasteiger partial charge in [-0.15, -0.1) is 0 Å². The highest BCUT2D eigenvalue weighted by atomic mass is 19.3. The first-order chi connectivity index (χ1) is 11.3. The quantitative estimate of drug-likeness (QED) is 0.757. The summed E-state index contributed by atoms with van der Waals surface area (Å²) in [5.41, 5.74) is 0.462. The molecule has 1 atom stereocenters. The molecule has 8 heteroatoms. The largest absolute Gasteiger partial charge is 0.435 e. The van der Waals surface area contributed by atoms with E-state index >= 15 is 0 Å². The molecule has 1 fully saturated rings. The Labute approximate surface area is 139 Å². The van der Waals surface area contributed by atoms with Crippen LogP contribution in [0.2, 0.25) is 0 Å². The number of hydrogen-bond donors (Lipinski definition) is 2. The summed E-state index contributed by atoms with van der Waals surface area (Å²) < 4.78 is 28.4. The van der Waals surface area contributed by atoms with Crippen LogP contribution in [0.5, 0.6) is 5.75 Å². The van der Waals surface area contributed by atoms with Crippen LogP contribution in [0, 0.1) is 0 Å². The third kappa shape index (κ3) is 5.77. The molecule has 0 bridgehead atoms. The first-order valence-electron chi connectivity index (χ1n) is 7.70. The predicted octanol–water partition coefficient (Wildman–Crippen LogP) is 1.83. The van der Waals surface area contributed by atoms with Gasteiger partial charge in [-0.1, -0.05) is 0 Å². The molecule has 0 aliphatic heterocycles. The fraction of sp³-hybridized carbons (Fsp3) is 0.500. The molecule has 1 aromatic carbocycles. The zero-order valence-corrected chi connectivity index (χ0v) is 13.6. The Bertz CT molecular complexity index is 576. The number of alkyl halides is 2. The number of amides is 2. The van der Waals surface area contributed by atoms with Gasteiger partial charge in [-0.3, -0.25) is 14.5 Å². The molecule has 2 amide bonds. The minimum atomic E-state index is -2.89. The average Bonchev–Trinajstić information content (AvgIpc) is 3.31. The number of likely N-dealkylation sites (N-methyl/N-ethyl adjacent to an activating group) is 1. The molecule has 24 heavy (non-hydrogen) atoms. The molecule has 0 aromatic heterocycles. The van der Waals surface area contributed by atoms with Gasteiger partial charge in [0.25, 0.3) is 0 Å². The van der Waals surface area contributed by atoms with Gasteiger partial charge < -0.3 is 15.4 Å². The topological polar surface area (TPSA) is 70.7 Å². The molecule has 0 radical (unpaired) electrons. The highest BCUT2D eigenvalue weighted by molar-refractivity contribution is 5.95. The molecule has 132 valence electrons. The van der Waals surface area contributed by atoms with Gasteiger partial charge in [-0.25, -0.2) is 0 Å². The number of ether oxygens (including phenoxy) is 1. The van der Waals surface area contributed by atoms with E-state index in [0.29, 0.717) is 5.69 Å². The SMILES string of the molecule is CC(C(=O)Nc1ccc(OC(F)F)cc1)N(C)CC(=O)NC1CC1. The minimum absolute atomic E-state index is 0.0184. The number of benzene rings is 1. The number of hydrogen-bond acceptors (Lipinski definition) is 4. The summed E-state index contributed by atoms with van der Waals surface area (Å²) in [4.78, 5) is 25.6. The van der Waals surface area contributed by atoms with Gasteiger partial charge in [-0.05, 0) is 51.1 Å². The normalized spacial score (nSPS) is 15.2. The summed E-state index contributed by atoms with van der Waals surface area (Å²) in [5, 5.41) is 5.54. The summed E-state index contributed by atoms with van der Waals surface area (Å²) in [6.07, 6.45) is 2.02.